The van der Waals surface area contributed by atoms with Crippen LogP contribution in [0.4, 0.5) is 10.5 Å². The molecule has 114 valence electrons. The van der Waals surface area contributed by atoms with E-state index >= 15 is 0 Å². The van der Waals surface area contributed by atoms with Crippen LogP contribution in [-0.4, -0.2) is 46.3 Å². The lowest BCUT2D eigenvalue weighted by Gasteiger charge is -2.19. The number of carbonyl (C=O) groups is 2. The number of urea groups is 1. The molecule has 0 aromatic heterocycles. The number of aliphatic hydroxyl groups is 1. The second-order valence-electron chi connectivity index (χ2n) is 5.17. The standard InChI is InChI=1S/C14H17ClN2O4/c1-8(18)10-4-5-17(7-10)14(21)16-12-3-2-9(13(19)20)6-11(12)15/h2-3,6,8,10,18H,4-5,7H2,1H3,(H,16,21)(H,19,20). The monoisotopic (exact) mass is 312 g/mol. The van der Waals surface area contributed by atoms with Gasteiger partial charge in [0, 0.05) is 19.0 Å². The van der Waals surface area contributed by atoms with Crippen LogP contribution in [-0.2, 0) is 0 Å². The maximum absolute atomic E-state index is 12.1. The zero-order valence-electron chi connectivity index (χ0n) is 11.5. The number of carboxylic acids is 1. The third kappa shape index (κ3) is 3.65. The van der Waals surface area contributed by atoms with E-state index in [0.717, 1.165) is 6.42 Å². The number of rotatable bonds is 3. The Morgan fingerprint density at radius 3 is 2.71 bits per heavy atom. The SMILES string of the molecule is CC(O)C1CCN(C(=O)Nc2ccc(C(=O)O)cc2Cl)C1. The highest BCUT2D eigenvalue weighted by atomic mass is 35.5. The van der Waals surface area contributed by atoms with Gasteiger partial charge in [-0.3, -0.25) is 0 Å². The van der Waals surface area contributed by atoms with Crippen molar-refractivity contribution in [2.45, 2.75) is 19.4 Å². The fourth-order valence-electron chi connectivity index (χ4n) is 2.31. The van der Waals surface area contributed by atoms with Crippen molar-refractivity contribution < 1.29 is 19.8 Å². The number of amides is 2. The van der Waals surface area contributed by atoms with E-state index < -0.39 is 12.1 Å². The molecule has 1 aromatic rings. The van der Waals surface area contributed by atoms with Crippen LogP contribution in [0.25, 0.3) is 0 Å². The van der Waals surface area contributed by atoms with Crippen LogP contribution in [0.5, 0.6) is 0 Å². The number of benzene rings is 1. The van der Waals surface area contributed by atoms with Crippen LogP contribution in [0.2, 0.25) is 5.02 Å². The van der Waals surface area contributed by atoms with E-state index in [0.29, 0.717) is 18.8 Å². The molecule has 2 atom stereocenters. The number of aliphatic hydroxyl groups excluding tert-OH is 1. The predicted octanol–water partition coefficient (Wildman–Crippen LogP) is 2.27. The molecule has 2 unspecified atom stereocenters. The van der Waals surface area contributed by atoms with E-state index in [1.165, 1.54) is 18.2 Å². The first kappa shape index (κ1) is 15.6. The summed E-state index contributed by atoms with van der Waals surface area (Å²) < 4.78 is 0. The summed E-state index contributed by atoms with van der Waals surface area (Å²) in [6.45, 7) is 2.79. The van der Waals surface area contributed by atoms with Gasteiger partial charge in [-0.1, -0.05) is 11.6 Å². The molecular formula is C14H17ClN2O4. The Balaban J connectivity index is 2.02. The first-order valence-electron chi connectivity index (χ1n) is 6.65. The lowest BCUT2D eigenvalue weighted by Crippen LogP contribution is -2.34. The number of hydrogen-bond donors (Lipinski definition) is 3. The highest BCUT2D eigenvalue weighted by Gasteiger charge is 2.29. The van der Waals surface area contributed by atoms with Gasteiger partial charge in [-0.05, 0) is 31.5 Å². The summed E-state index contributed by atoms with van der Waals surface area (Å²) in [5.74, 6) is -0.991. The summed E-state index contributed by atoms with van der Waals surface area (Å²) in [7, 11) is 0. The maximum Gasteiger partial charge on any atom is 0.335 e. The molecule has 1 heterocycles. The third-order valence-electron chi connectivity index (χ3n) is 3.65. The molecule has 21 heavy (non-hydrogen) atoms. The first-order chi connectivity index (χ1) is 9.88. The fraction of sp³-hybridized carbons (Fsp3) is 0.429. The van der Waals surface area contributed by atoms with Gasteiger partial charge in [0.1, 0.15) is 0 Å². The molecule has 0 saturated carbocycles. The molecule has 1 fully saturated rings. The molecule has 0 bridgehead atoms. The van der Waals surface area contributed by atoms with Crippen molar-refractivity contribution in [2.24, 2.45) is 5.92 Å². The van der Waals surface area contributed by atoms with Gasteiger partial charge in [-0.25, -0.2) is 9.59 Å². The van der Waals surface area contributed by atoms with Gasteiger partial charge < -0.3 is 20.4 Å². The van der Waals surface area contributed by atoms with E-state index in [1.54, 1.807) is 11.8 Å². The molecule has 2 rings (SSSR count). The molecule has 1 aliphatic heterocycles. The number of hydrogen-bond acceptors (Lipinski definition) is 3. The summed E-state index contributed by atoms with van der Waals surface area (Å²) in [6, 6.07) is 3.84. The minimum Gasteiger partial charge on any atom is -0.478 e. The van der Waals surface area contributed by atoms with Crippen molar-refractivity contribution in [1.82, 2.24) is 4.90 Å². The normalized spacial score (nSPS) is 19.4. The van der Waals surface area contributed by atoms with Crippen LogP contribution in [0.1, 0.15) is 23.7 Å². The van der Waals surface area contributed by atoms with E-state index in [1.807, 2.05) is 0 Å². The lowest BCUT2D eigenvalue weighted by molar-refractivity contribution is 0.0697. The Morgan fingerprint density at radius 1 is 1.48 bits per heavy atom. The number of nitrogens with one attached hydrogen (secondary N) is 1. The summed E-state index contributed by atoms with van der Waals surface area (Å²) >= 11 is 5.97. The topological polar surface area (TPSA) is 89.9 Å². The van der Waals surface area contributed by atoms with Crippen molar-refractivity contribution >= 4 is 29.3 Å². The Labute approximate surface area is 127 Å². The molecule has 0 spiro atoms. The Kier molecular flexibility index (Phi) is 4.69. The van der Waals surface area contributed by atoms with Crippen molar-refractivity contribution in [3.8, 4) is 0 Å². The number of carbonyl (C=O) groups excluding carboxylic acids is 1. The Morgan fingerprint density at radius 2 is 2.19 bits per heavy atom. The molecule has 3 N–H and O–H groups in total. The van der Waals surface area contributed by atoms with Crippen molar-refractivity contribution in [2.75, 3.05) is 18.4 Å². The summed E-state index contributed by atoms with van der Waals surface area (Å²) in [4.78, 5) is 24.5. The van der Waals surface area contributed by atoms with E-state index in [4.69, 9.17) is 16.7 Å². The van der Waals surface area contributed by atoms with E-state index in [2.05, 4.69) is 5.32 Å². The molecule has 1 saturated heterocycles. The van der Waals surface area contributed by atoms with Gasteiger partial charge in [-0.15, -0.1) is 0 Å². The number of carboxylic acid groups (broad SMARTS) is 1. The lowest BCUT2D eigenvalue weighted by atomic mass is 10.0. The van der Waals surface area contributed by atoms with Gasteiger partial charge in [0.25, 0.3) is 0 Å². The van der Waals surface area contributed by atoms with Crippen molar-refractivity contribution in [3.05, 3.63) is 28.8 Å². The molecule has 0 aliphatic carbocycles. The van der Waals surface area contributed by atoms with Gasteiger partial charge in [-0.2, -0.15) is 0 Å². The zero-order valence-corrected chi connectivity index (χ0v) is 12.3. The van der Waals surface area contributed by atoms with E-state index in [-0.39, 0.29) is 22.5 Å². The number of anilines is 1. The number of aromatic carboxylic acids is 1. The van der Waals surface area contributed by atoms with Crippen LogP contribution >= 0.6 is 11.6 Å². The first-order valence-corrected chi connectivity index (χ1v) is 7.03. The molecule has 1 aromatic carbocycles. The van der Waals surface area contributed by atoms with Crippen LogP contribution in [0, 0.1) is 5.92 Å². The van der Waals surface area contributed by atoms with Crippen LogP contribution < -0.4 is 5.32 Å². The summed E-state index contributed by atoms with van der Waals surface area (Å²) in [6.07, 6.45) is 0.317. The maximum atomic E-state index is 12.1. The van der Waals surface area contributed by atoms with Crippen molar-refractivity contribution in [3.63, 3.8) is 0 Å². The molecule has 1 aliphatic rings. The highest BCUT2D eigenvalue weighted by molar-refractivity contribution is 6.34. The molecule has 2 amide bonds. The Bertz CT molecular complexity index is 562. The zero-order chi connectivity index (χ0) is 15.6. The number of halogens is 1. The van der Waals surface area contributed by atoms with Gasteiger partial charge in [0.05, 0.1) is 22.4 Å². The average Bonchev–Trinajstić information content (AvgIpc) is 2.90. The van der Waals surface area contributed by atoms with Gasteiger partial charge in [0.2, 0.25) is 0 Å². The minimum atomic E-state index is -1.07. The quantitative estimate of drug-likeness (QED) is 0.798. The second kappa shape index (κ2) is 6.32. The van der Waals surface area contributed by atoms with Crippen LogP contribution in [0.3, 0.4) is 0 Å². The average molecular weight is 313 g/mol. The smallest absolute Gasteiger partial charge is 0.335 e. The van der Waals surface area contributed by atoms with Gasteiger partial charge in [0.15, 0.2) is 0 Å². The molecule has 6 nitrogen and oxygen atoms in total. The largest absolute Gasteiger partial charge is 0.478 e. The summed E-state index contributed by atoms with van der Waals surface area (Å²) in [5.41, 5.74) is 0.431. The third-order valence-corrected chi connectivity index (χ3v) is 3.96. The van der Waals surface area contributed by atoms with Crippen LogP contribution in [0.15, 0.2) is 18.2 Å². The Hall–Kier alpha value is -1.79. The molecule has 7 heteroatoms. The molecule has 0 radical (unpaired) electrons. The highest BCUT2D eigenvalue weighted by Crippen LogP contribution is 2.25. The minimum absolute atomic E-state index is 0.0633. The van der Waals surface area contributed by atoms with Crippen molar-refractivity contribution in [1.29, 1.82) is 0 Å². The second-order valence-corrected chi connectivity index (χ2v) is 5.57. The fourth-order valence-corrected chi connectivity index (χ4v) is 2.54. The molecular weight excluding hydrogens is 296 g/mol. The van der Waals surface area contributed by atoms with Gasteiger partial charge >= 0.3 is 12.0 Å². The number of nitrogens with zero attached hydrogens (tertiary/aromatic N) is 1. The van der Waals surface area contributed by atoms with E-state index in [9.17, 15) is 14.7 Å². The number of likely N-dealkylation sites (tertiary alicyclic amines) is 1. The summed E-state index contributed by atoms with van der Waals surface area (Å²) in [5, 5.41) is 21.2. The predicted molar refractivity (Wildman–Crippen MR) is 78.8 cm³/mol.